The molecule has 3 amide bonds. The third kappa shape index (κ3) is 11.8. The average Bonchev–Trinajstić information content (AvgIpc) is 3.44. The summed E-state index contributed by atoms with van der Waals surface area (Å²) in [6.07, 6.45) is 6.74. The first-order valence-corrected chi connectivity index (χ1v) is 14.5. The van der Waals surface area contributed by atoms with Gasteiger partial charge in [-0.15, -0.1) is 0 Å². The lowest BCUT2D eigenvalue weighted by molar-refractivity contribution is -0.126. The molecule has 0 radical (unpaired) electrons. The number of unbranched alkanes of at least 4 members (excludes halogenated alkanes) is 3. The second-order valence-corrected chi connectivity index (χ2v) is 10.6. The second-order valence-electron chi connectivity index (χ2n) is 10.6. The Labute approximate surface area is 240 Å². The van der Waals surface area contributed by atoms with E-state index in [2.05, 4.69) is 51.8 Å². The minimum absolute atomic E-state index is 0.104. The molecule has 11 heteroatoms. The van der Waals surface area contributed by atoms with Gasteiger partial charge in [-0.2, -0.15) is 0 Å². The fraction of sp³-hybridized carbons (Fsp3) is 0.759. The number of fused-ring (bicyclic) bond motifs is 1. The van der Waals surface area contributed by atoms with Crippen LogP contribution >= 0.6 is 0 Å². The summed E-state index contributed by atoms with van der Waals surface area (Å²) >= 11 is 0. The van der Waals surface area contributed by atoms with Gasteiger partial charge >= 0.3 is 0 Å². The lowest BCUT2D eigenvalue weighted by Gasteiger charge is -2.25. The fourth-order valence-electron chi connectivity index (χ4n) is 5.29. The van der Waals surface area contributed by atoms with Gasteiger partial charge in [0, 0.05) is 38.5 Å². The minimum atomic E-state index is -0.587. The van der Waals surface area contributed by atoms with Gasteiger partial charge in [-0.25, -0.2) is 0 Å². The van der Waals surface area contributed by atoms with E-state index in [1.54, 1.807) is 6.92 Å². The van der Waals surface area contributed by atoms with Crippen molar-refractivity contribution in [2.24, 2.45) is 34.6 Å². The molecule has 3 fully saturated rings. The third-order valence-corrected chi connectivity index (χ3v) is 7.43. The maximum Gasteiger partial charge on any atom is 0.287 e. The van der Waals surface area contributed by atoms with Gasteiger partial charge in [-0.05, 0) is 64.0 Å². The molecule has 6 N–H and O–H groups in total. The van der Waals surface area contributed by atoms with Crippen molar-refractivity contribution in [3.05, 3.63) is 17.5 Å². The molecule has 0 spiro atoms. The smallest absolute Gasteiger partial charge is 0.287 e. The molecule has 11 nitrogen and oxygen atoms in total. The lowest BCUT2D eigenvalue weighted by Crippen LogP contribution is -2.45. The number of likely N-dealkylation sites (N-methyl/N-ethyl adjacent to an activating group) is 2. The minimum Gasteiger partial charge on any atom is -0.363 e. The van der Waals surface area contributed by atoms with Crippen LogP contribution in [0, 0.1) is 30.1 Å². The van der Waals surface area contributed by atoms with Crippen LogP contribution in [0.3, 0.4) is 0 Å². The van der Waals surface area contributed by atoms with Gasteiger partial charge in [0.25, 0.3) is 5.91 Å². The molecule has 1 aromatic heterocycles. The van der Waals surface area contributed by atoms with Crippen molar-refractivity contribution in [3.8, 4) is 0 Å². The number of nitrogens with two attached hydrogens (primary N) is 2. The number of primary amides is 1. The van der Waals surface area contributed by atoms with Gasteiger partial charge in [0.1, 0.15) is 6.29 Å². The van der Waals surface area contributed by atoms with Crippen LogP contribution in [-0.2, 0) is 14.4 Å². The molecule has 3 heterocycles. The number of nitrogens with zero attached hydrogens (tertiary/aromatic N) is 2. The van der Waals surface area contributed by atoms with E-state index in [4.69, 9.17) is 5.73 Å². The van der Waals surface area contributed by atoms with E-state index in [9.17, 15) is 19.2 Å². The molecule has 230 valence electrons. The monoisotopic (exact) mass is 566 g/mol. The zero-order valence-electron chi connectivity index (χ0n) is 25.9. The molecule has 2 saturated heterocycles. The molecular formula is C29H54N6O5. The van der Waals surface area contributed by atoms with Gasteiger partial charge < -0.3 is 31.4 Å². The highest BCUT2D eigenvalue weighted by Crippen LogP contribution is 2.64. The quantitative estimate of drug-likeness (QED) is 0.261. The van der Waals surface area contributed by atoms with Gasteiger partial charge in [0.05, 0.1) is 11.7 Å². The van der Waals surface area contributed by atoms with Crippen LogP contribution in [0.15, 0.2) is 10.6 Å². The maximum absolute atomic E-state index is 11.8. The van der Waals surface area contributed by atoms with Crippen LogP contribution in [0.4, 0.5) is 0 Å². The number of piperidine rings is 1. The van der Waals surface area contributed by atoms with Crippen LogP contribution < -0.4 is 22.1 Å². The molecule has 0 bridgehead atoms. The van der Waals surface area contributed by atoms with E-state index >= 15 is 0 Å². The number of aromatic nitrogens is 1. The van der Waals surface area contributed by atoms with Crippen molar-refractivity contribution in [1.82, 2.24) is 20.7 Å². The largest absolute Gasteiger partial charge is 0.363 e. The summed E-state index contributed by atoms with van der Waals surface area (Å²) in [5.74, 6) is 1.79. The molecule has 1 unspecified atom stereocenters. The van der Waals surface area contributed by atoms with Crippen molar-refractivity contribution < 1.29 is 23.7 Å². The number of likely N-dealkylation sites (tertiary alicyclic amines) is 1. The predicted molar refractivity (Wildman–Crippen MR) is 157 cm³/mol. The van der Waals surface area contributed by atoms with Crippen molar-refractivity contribution in [3.63, 3.8) is 0 Å². The van der Waals surface area contributed by atoms with Crippen LogP contribution in [-0.4, -0.2) is 73.8 Å². The summed E-state index contributed by atoms with van der Waals surface area (Å²) in [6.45, 7) is 14.9. The molecule has 4 rings (SSSR count). The molecule has 3 aliphatic rings. The van der Waals surface area contributed by atoms with E-state index in [0.717, 1.165) is 57.5 Å². The molecule has 1 aromatic rings. The van der Waals surface area contributed by atoms with Crippen LogP contribution in [0.25, 0.3) is 0 Å². The normalized spacial score (nSPS) is 23.2. The highest BCUT2D eigenvalue weighted by molar-refractivity contribution is 5.89. The average molecular weight is 567 g/mol. The van der Waals surface area contributed by atoms with E-state index in [-0.39, 0.29) is 23.6 Å². The van der Waals surface area contributed by atoms with Gasteiger partial charge in [0.15, 0.2) is 0 Å². The summed E-state index contributed by atoms with van der Waals surface area (Å²) < 4.78 is 4.50. The van der Waals surface area contributed by atoms with Crippen molar-refractivity contribution >= 4 is 24.0 Å². The first-order valence-electron chi connectivity index (χ1n) is 14.5. The van der Waals surface area contributed by atoms with E-state index in [1.165, 1.54) is 13.1 Å². The first kappa shape index (κ1) is 37.2. The molecule has 2 aliphatic heterocycles. The fourth-order valence-corrected chi connectivity index (χ4v) is 5.29. The Morgan fingerprint density at radius 2 is 1.90 bits per heavy atom. The summed E-state index contributed by atoms with van der Waals surface area (Å²) in [7, 11) is 3.56. The Kier molecular flexibility index (Phi) is 18.0. The molecule has 1 saturated carbocycles. The number of amides is 3. The van der Waals surface area contributed by atoms with Crippen molar-refractivity contribution in [2.45, 2.75) is 86.1 Å². The second kappa shape index (κ2) is 19.3. The van der Waals surface area contributed by atoms with Crippen LogP contribution in [0.2, 0.25) is 0 Å². The van der Waals surface area contributed by atoms with Crippen molar-refractivity contribution in [1.29, 1.82) is 0 Å². The van der Waals surface area contributed by atoms with E-state index < -0.39 is 5.91 Å². The van der Waals surface area contributed by atoms with Gasteiger partial charge in [0.2, 0.25) is 17.6 Å². The number of carbonyl (C=O) groups is 4. The molecule has 4 atom stereocenters. The number of rotatable bonds is 9. The predicted octanol–water partition coefficient (Wildman–Crippen LogP) is 2.66. The highest BCUT2D eigenvalue weighted by atomic mass is 16.5. The molecular weight excluding hydrogens is 512 g/mol. The summed E-state index contributed by atoms with van der Waals surface area (Å²) in [5, 5.41) is 9.22. The zero-order chi connectivity index (χ0) is 30.9. The Balaban J connectivity index is 0.000000547. The number of aryl methyl sites for hydroxylation is 1. The highest BCUT2D eigenvalue weighted by Gasteiger charge is 2.67. The number of hydrogen-bond acceptors (Lipinski definition) is 8. The third-order valence-electron chi connectivity index (χ3n) is 7.43. The topological polar surface area (TPSA) is 174 Å². The number of nitrogens with one attached hydrogen (secondary N) is 2. The number of carbonyl (C=O) groups excluding carboxylic acids is 4. The van der Waals surface area contributed by atoms with Gasteiger partial charge in [-0.1, -0.05) is 45.7 Å². The number of aldehydes is 1. The van der Waals surface area contributed by atoms with E-state index in [0.29, 0.717) is 35.8 Å². The maximum atomic E-state index is 11.8. The SMILES string of the molecule is CC.CCNC(=O)C1[C@@H]2[C@H](CN1C)C2(C)C.CN.Cc1cc(C(N)=O)on1.O=CCCCCC[C@H]1CNC(=O)C1. The zero-order valence-corrected chi connectivity index (χ0v) is 25.9. The molecule has 1 aliphatic carbocycles. The Morgan fingerprint density at radius 1 is 1.25 bits per heavy atom. The summed E-state index contributed by atoms with van der Waals surface area (Å²) in [6, 6.07) is 1.61. The Morgan fingerprint density at radius 3 is 2.33 bits per heavy atom. The van der Waals surface area contributed by atoms with Crippen LogP contribution in [0.1, 0.15) is 89.4 Å². The van der Waals surface area contributed by atoms with Gasteiger partial charge in [-0.3, -0.25) is 19.3 Å². The molecule has 0 aromatic carbocycles. The lowest BCUT2D eigenvalue weighted by atomic mass is 10.0. The molecule has 40 heavy (non-hydrogen) atoms. The van der Waals surface area contributed by atoms with Crippen LogP contribution in [0.5, 0.6) is 0 Å². The first-order chi connectivity index (χ1) is 19.0. The summed E-state index contributed by atoms with van der Waals surface area (Å²) in [4.78, 5) is 45.2. The number of hydrogen-bond donors (Lipinski definition) is 4. The Hall–Kier alpha value is -2.79. The van der Waals surface area contributed by atoms with Crippen molar-refractivity contribution in [2.75, 3.05) is 33.7 Å². The van der Waals surface area contributed by atoms with E-state index in [1.807, 2.05) is 20.8 Å². The summed E-state index contributed by atoms with van der Waals surface area (Å²) in [5.41, 5.74) is 10.4. The Bertz CT molecular complexity index is 903. The standard InChI is InChI=1S/C11H20N2O.C10H17NO2.C5H6N2O2.C2H6.CH5N/c1-5-12-10(14)9-8-7(6-13(9)4)11(8,2)3;12-6-4-2-1-3-5-9-7-10(13)11-8-9;1-3-2-4(5(6)8)9-7-3;2*1-2/h7-9H,5-6H2,1-4H3,(H,12,14);6,9H,1-5,7-8H2,(H,11,13);2H,1H3,(H2,6,8);1-2H3;2H2,1H3/t7-,8-,9?;9-;;;/m01.../s1.